The van der Waals surface area contributed by atoms with E-state index in [2.05, 4.69) is 5.32 Å². The van der Waals surface area contributed by atoms with E-state index in [9.17, 15) is 4.79 Å². The number of carbonyl (C=O) groups excluding carboxylic acids is 1. The highest BCUT2D eigenvalue weighted by atomic mass is 16.6. The summed E-state index contributed by atoms with van der Waals surface area (Å²) >= 11 is 0. The van der Waals surface area contributed by atoms with Crippen molar-refractivity contribution < 1.29 is 9.53 Å². The Morgan fingerprint density at radius 2 is 2.06 bits per heavy atom. The van der Waals surface area contributed by atoms with Crippen LogP contribution in [0.5, 0.6) is 0 Å². The summed E-state index contributed by atoms with van der Waals surface area (Å²) in [6, 6.07) is 10.1. The van der Waals surface area contributed by atoms with Crippen LogP contribution < -0.4 is 5.32 Å². The molecule has 0 aliphatic carbocycles. The number of ether oxygens (including phenoxy) is 1. The summed E-state index contributed by atoms with van der Waals surface area (Å²) in [6.07, 6.45) is 0.750. The molecule has 2 heterocycles. The molecule has 1 spiro atoms. The molecular weight excluding hydrogens is 216 g/mol. The third-order valence-corrected chi connectivity index (χ3v) is 3.68. The van der Waals surface area contributed by atoms with E-state index in [1.807, 2.05) is 35.2 Å². The first-order valence-electron chi connectivity index (χ1n) is 5.99. The molecule has 1 amide bonds. The second kappa shape index (κ2) is 4.04. The van der Waals surface area contributed by atoms with Gasteiger partial charge in [-0.1, -0.05) is 30.3 Å². The molecule has 4 nitrogen and oxygen atoms in total. The fourth-order valence-electron chi connectivity index (χ4n) is 2.51. The lowest BCUT2D eigenvalue weighted by Crippen LogP contribution is -2.72. The molecule has 0 unspecified atom stereocenters. The van der Waals surface area contributed by atoms with Crippen LogP contribution >= 0.6 is 0 Å². The van der Waals surface area contributed by atoms with Crippen LogP contribution in [0.3, 0.4) is 0 Å². The number of cyclic esters (lactones) is 1. The molecular formula is C13H16N2O2. The van der Waals surface area contributed by atoms with Crippen LogP contribution in [0.4, 0.5) is 4.79 Å². The van der Waals surface area contributed by atoms with Gasteiger partial charge in [0.2, 0.25) is 0 Å². The summed E-state index contributed by atoms with van der Waals surface area (Å²) < 4.78 is 5.15. The van der Waals surface area contributed by atoms with Gasteiger partial charge in [-0.05, 0) is 5.56 Å². The monoisotopic (exact) mass is 232 g/mol. The van der Waals surface area contributed by atoms with Gasteiger partial charge in [0.25, 0.3) is 0 Å². The van der Waals surface area contributed by atoms with Crippen molar-refractivity contribution in [1.29, 1.82) is 0 Å². The normalized spacial score (nSPS) is 22.1. The van der Waals surface area contributed by atoms with Gasteiger partial charge in [-0.3, -0.25) is 4.90 Å². The van der Waals surface area contributed by atoms with Gasteiger partial charge in [-0.25, -0.2) is 4.79 Å². The molecule has 1 aromatic rings. The van der Waals surface area contributed by atoms with Gasteiger partial charge >= 0.3 is 6.09 Å². The summed E-state index contributed by atoms with van der Waals surface area (Å²) in [7, 11) is 0. The van der Waals surface area contributed by atoms with Gasteiger partial charge in [-0.15, -0.1) is 0 Å². The van der Waals surface area contributed by atoms with E-state index in [1.54, 1.807) is 0 Å². The summed E-state index contributed by atoms with van der Waals surface area (Å²) in [6.45, 7) is 2.96. The topological polar surface area (TPSA) is 41.6 Å². The second-order valence-corrected chi connectivity index (χ2v) is 4.76. The lowest BCUT2D eigenvalue weighted by atomic mass is 9.85. The van der Waals surface area contributed by atoms with Crippen LogP contribution in [0.2, 0.25) is 0 Å². The highest BCUT2D eigenvalue weighted by Crippen LogP contribution is 2.30. The zero-order chi connectivity index (χ0) is 11.7. The van der Waals surface area contributed by atoms with Gasteiger partial charge in [0.15, 0.2) is 0 Å². The molecule has 0 bridgehead atoms. The average molecular weight is 232 g/mol. The number of hydrogen-bond donors (Lipinski definition) is 1. The Balaban J connectivity index is 1.81. The number of benzene rings is 1. The first-order valence-corrected chi connectivity index (χ1v) is 5.99. The van der Waals surface area contributed by atoms with Crippen LogP contribution in [0.1, 0.15) is 12.0 Å². The summed E-state index contributed by atoms with van der Waals surface area (Å²) in [5.41, 5.74) is 1.14. The number of amides is 1. The summed E-state index contributed by atoms with van der Waals surface area (Å²) in [5.74, 6) is 0. The van der Waals surface area contributed by atoms with Crippen LogP contribution in [0.15, 0.2) is 30.3 Å². The van der Waals surface area contributed by atoms with Crippen molar-refractivity contribution in [3.8, 4) is 0 Å². The largest absolute Gasteiger partial charge is 0.449 e. The van der Waals surface area contributed by atoms with Gasteiger partial charge in [0, 0.05) is 26.1 Å². The Labute approximate surface area is 101 Å². The molecule has 2 aliphatic heterocycles. The molecule has 1 aromatic carbocycles. The third kappa shape index (κ3) is 1.78. The maximum atomic E-state index is 11.9. The molecule has 4 heteroatoms. The number of nitrogens with one attached hydrogen (secondary N) is 1. The molecule has 2 saturated heterocycles. The van der Waals surface area contributed by atoms with E-state index in [-0.39, 0.29) is 11.6 Å². The van der Waals surface area contributed by atoms with Crippen molar-refractivity contribution in [2.75, 3.05) is 19.7 Å². The third-order valence-electron chi connectivity index (χ3n) is 3.68. The zero-order valence-corrected chi connectivity index (χ0v) is 9.69. The standard InChI is InChI=1S/C13H16N2O2/c16-12-15(8-11-4-2-1-3-5-11)13(6-7-17-12)9-14-10-13/h1-5,14H,6-10H2. The summed E-state index contributed by atoms with van der Waals surface area (Å²) in [5, 5.41) is 3.26. The maximum Gasteiger partial charge on any atom is 0.410 e. The molecule has 3 rings (SSSR count). The Morgan fingerprint density at radius 1 is 1.29 bits per heavy atom. The van der Waals surface area contributed by atoms with Gasteiger partial charge in [0.1, 0.15) is 0 Å². The molecule has 0 aromatic heterocycles. The van der Waals surface area contributed by atoms with Gasteiger partial charge < -0.3 is 10.1 Å². The van der Waals surface area contributed by atoms with Crippen LogP contribution in [0, 0.1) is 0 Å². The second-order valence-electron chi connectivity index (χ2n) is 4.76. The molecule has 0 saturated carbocycles. The quantitative estimate of drug-likeness (QED) is 0.837. The van der Waals surface area contributed by atoms with Crippen LogP contribution in [-0.2, 0) is 11.3 Å². The van der Waals surface area contributed by atoms with E-state index in [0.717, 1.165) is 25.1 Å². The van der Waals surface area contributed by atoms with Crippen molar-refractivity contribution >= 4 is 6.09 Å². The van der Waals surface area contributed by atoms with Crippen molar-refractivity contribution in [2.45, 2.75) is 18.5 Å². The van der Waals surface area contributed by atoms with E-state index in [1.165, 1.54) is 0 Å². The van der Waals surface area contributed by atoms with E-state index in [0.29, 0.717) is 13.2 Å². The Kier molecular flexibility index (Phi) is 2.52. The van der Waals surface area contributed by atoms with Crippen LogP contribution in [-0.4, -0.2) is 36.2 Å². The van der Waals surface area contributed by atoms with Crippen molar-refractivity contribution in [3.05, 3.63) is 35.9 Å². The van der Waals surface area contributed by atoms with E-state index in [4.69, 9.17) is 4.74 Å². The molecule has 0 atom stereocenters. The lowest BCUT2D eigenvalue weighted by molar-refractivity contribution is -0.0344. The minimum atomic E-state index is -0.179. The Morgan fingerprint density at radius 3 is 2.71 bits per heavy atom. The van der Waals surface area contributed by atoms with Gasteiger partial charge in [0.05, 0.1) is 12.1 Å². The first kappa shape index (κ1) is 10.6. The van der Waals surface area contributed by atoms with Crippen molar-refractivity contribution in [3.63, 3.8) is 0 Å². The predicted molar refractivity (Wildman–Crippen MR) is 63.6 cm³/mol. The smallest absolute Gasteiger partial charge is 0.410 e. The molecule has 1 N–H and O–H groups in total. The van der Waals surface area contributed by atoms with E-state index >= 15 is 0 Å². The minimum absolute atomic E-state index is 0.00876. The maximum absolute atomic E-state index is 11.9. The average Bonchev–Trinajstić information content (AvgIpc) is 2.31. The number of hydrogen-bond acceptors (Lipinski definition) is 3. The Bertz CT molecular complexity index is 415. The molecule has 2 fully saturated rings. The fraction of sp³-hybridized carbons (Fsp3) is 0.462. The minimum Gasteiger partial charge on any atom is -0.449 e. The SMILES string of the molecule is O=C1OCCC2(CNC2)N1Cc1ccccc1. The molecule has 2 aliphatic rings. The molecule has 90 valence electrons. The number of nitrogens with zero attached hydrogens (tertiary/aromatic N) is 1. The highest BCUT2D eigenvalue weighted by Gasteiger charge is 2.48. The zero-order valence-electron chi connectivity index (χ0n) is 9.69. The molecule has 0 radical (unpaired) electrons. The van der Waals surface area contributed by atoms with Gasteiger partial charge in [-0.2, -0.15) is 0 Å². The van der Waals surface area contributed by atoms with E-state index < -0.39 is 0 Å². The van der Waals surface area contributed by atoms with Crippen LogP contribution in [0.25, 0.3) is 0 Å². The predicted octanol–water partition coefficient (Wildman–Crippen LogP) is 1.37. The van der Waals surface area contributed by atoms with Crippen molar-refractivity contribution in [1.82, 2.24) is 10.2 Å². The summed E-state index contributed by atoms with van der Waals surface area (Å²) in [4.78, 5) is 13.8. The fourth-order valence-corrected chi connectivity index (χ4v) is 2.51. The Hall–Kier alpha value is -1.55. The van der Waals surface area contributed by atoms with Crippen molar-refractivity contribution in [2.24, 2.45) is 0 Å². The number of rotatable bonds is 2. The highest BCUT2D eigenvalue weighted by molar-refractivity contribution is 5.70. The first-order chi connectivity index (χ1) is 8.30. The lowest BCUT2D eigenvalue weighted by Gasteiger charge is -2.52. The number of carbonyl (C=O) groups is 1. The molecule has 17 heavy (non-hydrogen) atoms.